The Morgan fingerprint density at radius 1 is 1.64 bits per heavy atom. The average molecular weight is 210 g/mol. The molecule has 0 aliphatic carbocycles. The van der Waals surface area contributed by atoms with Gasteiger partial charge < -0.3 is 0 Å². The lowest BCUT2D eigenvalue weighted by Gasteiger charge is -2.14. The number of hydrogen-bond acceptors (Lipinski definition) is 3. The van der Waals surface area contributed by atoms with E-state index in [-0.39, 0.29) is 6.04 Å². The van der Waals surface area contributed by atoms with E-state index < -0.39 is 0 Å². The number of hydrogen-bond donors (Lipinski definition) is 2. The molecule has 1 rings (SSSR count). The molecular weight excluding hydrogens is 192 g/mol. The van der Waals surface area contributed by atoms with E-state index in [4.69, 9.17) is 5.84 Å². The fraction of sp³-hybridized carbons (Fsp3) is 0.455. The van der Waals surface area contributed by atoms with Crippen LogP contribution in [0.15, 0.2) is 24.3 Å². The van der Waals surface area contributed by atoms with Crippen LogP contribution in [0.25, 0.3) is 0 Å². The van der Waals surface area contributed by atoms with Crippen LogP contribution >= 0.6 is 11.3 Å². The van der Waals surface area contributed by atoms with Crippen LogP contribution in [0.2, 0.25) is 0 Å². The summed E-state index contributed by atoms with van der Waals surface area (Å²) in [7, 11) is 0. The number of nitrogens with two attached hydrogens (primary N) is 1. The first kappa shape index (κ1) is 11.4. The van der Waals surface area contributed by atoms with E-state index in [9.17, 15) is 0 Å². The van der Waals surface area contributed by atoms with Gasteiger partial charge in [-0.25, -0.2) is 0 Å². The SMILES string of the molecule is C=C(CC)CC(NN)c1ccc(C)s1. The molecule has 3 N–H and O–H groups in total. The molecule has 78 valence electrons. The highest BCUT2D eigenvalue weighted by Gasteiger charge is 2.11. The van der Waals surface area contributed by atoms with Gasteiger partial charge in [0.05, 0.1) is 6.04 Å². The number of nitrogens with one attached hydrogen (secondary N) is 1. The van der Waals surface area contributed by atoms with E-state index in [2.05, 4.69) is 38.0 Å². The molecule has 1 heterocycles. The van der Waals surface area contributed by atoms with Gasteiger partial charge in [-0.1, -0.05) is 19.1 Å². The lowest BCUT2D eigenvalue weighted by Crippen LogP contribution is -2.27. The fourth-order valence-corrected chi connectivity index (χ4v) is 2.25. The van der Waals surface area contributed by atoms with Gasteiger partial charge in [0, 0.05) is 9.75 Å². The molecule has 0 aromatic carbocycles. The molecule has 0 amide bonds. The molecule has 1 aromatic rings. The number of thiophene rings is 1. The van der Waals surface area contributed by atoms with Crippen LogP contribution in [0.3, 0.4) is 0 Å². The molecule has 0 saturated carbocycles. The minimum atomic E-state index is 0.223. The standard InChI is InChI=1S/C11H18N2S/c1-4-8(2)7-10(13-12)11-6-5-9(3)14-11/h5-6,10,13H,2,4,7,12H2,1,3H3. The van der Waals surface area contributed by atoms with Crippen LogP contribution in [0.1, 0.15) is 35.6 Å². The predicted octanol–water partition coefficient (Wildman–Crippen LogP) is 2.92. The van der Waals surface area contributed by atoms with Crippen molar-refractivity contribution in [2.75, 3.05) is 0 Å². The topological polar surface area (TPSA) is 38.0 Å². The van der Waals surface area contributed by atoms with E-state index in [1.54, 1.807) is 11.3 Å². The maximum Gasteiger partial charge on any atom is 0.0590 e. The normalized spacial score (nSPS) is 12.8. The first-order valence-corrected chi connectivity index (χ1v) is 5.68. The summed E-state index contributed by atoms with van der Waals surface area (Å²) in [5.74, 6) is 5.53. The van der Waals surface area contributed by atoms with Gasteiger partial charge in [-0.05, 0) is 31.9 Å². The second-order valence-electron chi connectivity index (χ2n) is 3.48. The van der Waals surface area contributed by atoms with Gasteiger partial charge in [0.2, 0.25) is 0 Å². The highest BCUT2D eigenvalue weighted by Crippen LogP contribution is 2.27. The molecule has 0 saturated heterocycles. The van der Waals surface area contributed by atoms with E-state index in [0.717, 1.165) is 12.8 Å². The van der Waals surface area contributed by atoms with Gasteiger partial charge >= 0.3 is 0 Å². The van der Waals surface area contributed by atoms with Crippen LogP contribution in [0.4, 0.5) is 0 Å². The van der Waals surface area contributed by atoms with Crippen molar-refractivity contribution in [1.29, 1.82) is 0 Å². The van der Waals surface area contributed by atoms with Crippen molar-refractivity contribution in [2.24, 2.45) is 5.84 Å². The Labute approximate surface area is 89.8 Å². The number of hydrazine groups is 1. The van der Waals surface area contributed by atoms with Crippen LogP contribution in [0, 0.1) is 6.92 Å². The molecule has 3 heteroatoms. The summed E-state index contributed by atoms with van der Waals surface area (Å²) in [5.41, 5.74) is 4.08. The summed E-state index contributed by atoms with van der Waals surface area (Å²) in [4.78, 5) is 2.61. The first-order valence-electron chi connectivity index (χ1n) is 4.86. The van der Waals surface area contributed by atoms with Crippen LogP contribution in [0.5, 0.6) is 0 Å². The summed E-state index contributed by atoms with van der Waals surface area (Å²) in [6, 6.07) is 4.48. The van der Waals surface area contributed by atoms with Crippen molar-refractivity contribution in [2.45, 2.75) is 32.7 Å². The van der Waals surface area contributed by atoms with Crippen LogP contribution < -0.4 is 11.3 Å². The Morgan fingerprint density at radius 2 is 2.36 bits per heavy atom. The van der Waals surface area contributed by atoms with Gasteiger partial charge in [0.25, 0.3) is 0 Å². The Hall–Kier alpha value is -0.640. The lowest BCUT2D eigenvalue weighted by molar-refractivity contribution is 0.553. The van der Waals surface area contributed by atoms with Gasteiger partial charge in [-0.15, -0.1) is 11.3 Å². The first-order chi connectivity index (χ1) is 6.67. The van der Waals surface area contributed by atoms with E-state index in [0.29, 0.717) is 0 Å². The van der Waals surface area contributed by atoms with Crippen molar-refractivity contribution in [3.05, 3.63) is 34.0 Å². The van der Waals surface area contributed by atoms with Crippen molar-refractivity contribution in [3.63, 3.8) is 0 Å². The molecule has 0 radical (unpaired) electrons. The molecule has 0 aliphatic heterocycles. The van der Waals surface area contributed by atoms with E-state index in [1.807, 2.05) is 0 Å². The molecule has 1 unspecified atom stereocenters. The zero-order chi connectivity index (χ0) is 10.6. The summed E-state index contributed by atoms with van der Waals surface area (Å²) in [6.07, 6.45) is 1.94. The largest absolute Gasteiger partial charge is 0.271 e. The van der Waals surface area contributed by atoms with Crippen LogP contribution in [-0.4, -0.2) is 0 Å². The highest BCUT2D eigenvalue weighted by atomic mass is 32.1. The second kappa shape index (κ2) is 5.29. The van der Waals surface area contributed by atoms with E-state index in [1.165, 1.54) is 15.3 Å². The van der Waals surface area contributed by atoms with E-state index >= 15 is 0 Å². The minimum absolute atomic E-state index is 0.223. The predicted molar refractivity (Wildman–Crippen MR) is 63.2 cm³/mol. The maximum atomic E-state index is 5.53. The third kappa shape index (κ3) is 2.94. The van der Waals surface area contributed by atoms with Crippen molar-refractivity contribution in [1.82, 2.24) is 5.43 Å². The van der Waals surface area contributed by atoms with Gasteiger partial charge in [-0.2, -0.15) is 0 Å². The molecular formula is C11H18N2S. The average Bonchev–Trinajstić information content (AvgIpc) is 2.60. The van der Waals surface area contributed by atoms with Crippen molar-refractivity contribution < 1.29 is 0 Å². The summed E-state index contributed by atoms with van der Waals surface area (Å²) in [5, 5.41) is 0. The molecule has 1 aromatic heterocycles. The quantitative estimate of drug-likeness (QED) is 0.445. The Balaban J connectivity index is 2.67. The molecule has 1 atom stereocenters. The zero-order valence-corrected chi connectivity index (χ0v) is 9.66. The van der Waals surface area contributed by atoms with Crippen molar-refractivity contribution in [3.8, 4) is 0 Å². The third-order valence-electron chi connectivity index (χ3n) is 2.30. The third-order valence-corrected chi connectivity index (χ3v) is 3.41. The molecule has 14 heavy (non-hydrogen) atoms. The highest BCUT2D eigenvalue weighted by molar-refractivity contribution is 7.12. The smallest absolute Gasteiger partial charge is 0.0590 e. The number of aryl methyl sites for hydroxylation is 1. The summed E-state index contributed by atoms with van der Waals surface area (Å²) in [6.45, 7) is 8.23. The van der Waals surface area contributed by atoms with Gasteiger partial charge in [-0.3, -0.25) is 11.3 Å². The van der Waals surface area contributed by atoms with Gasteiger partial charge in [0.15, 0.2) is 0 Å². The molecule has 0 aliphatic rings. The van der Waals surface area contributed by atoms with Crippen molar-refractivity contribution >= 4 is 11.3 Å². The monoisotopic (exact) mass is 210 g/mol. The lowest BCUT2D eigenvalue weighted by atomic mass is 10.1. The maximum absolute atomic E-state index is 5.53. The minimum Gasteiger partial charge on any atom is -0.271 e. The molecule has 0 bridgehead atoms. The molecule has 0 spiro atoms. The molecule has 2 nitrogen and oxygen atoms in total. The van der Waals surface area contributed by atoms with Crippen LogP contribution in [-0.2, 0) is 0 Å². The fourth-order valence-electron chi connectivity index (χ4n) is 1.32. The summed E-state index contributed by atoms with van der Waals surface area (Å²) < 4.78 is 0. The Bertz CT molecular complexity index is 304. The Kier molecular flexibility index (Phi) is 4.32. The molecule has 0 fully saturated rings. The zero-order valence-electron chi connectivity index (χ0n) is 8.84. The Morgan fingerprint density at radius 3 is 2.79 bits per heavy atom. The van der Waals surface area contributed by atoms with Gasteiger partial charge in [0.1, 0.15) is 0 Å². The summed E-state index contributed by atoms with van der Waals surface area (Å²) >= 11 is 1.79. The second-order valence-corrected chi connectivity index (χ2v) is 4.79. The number of rotatable bonds is 5.